The number of carbonyl (C=O) groups is 1. The van der Waals surface area contributed by atoms with Crippen LogP contribution < -0.4 is 4.90 Å². The molecule has 2 aromatic heterocycles. The predicted octanol–water partition coefficient (Wildman–Crippen LogP) is 3.95. The Bertz CT molecular complexity index is 1030. The molecule has 29 heavy (non-hydrogen) atoms. The Morgan fingerprint density at radius 2 is 1.93 bits per heavy atom. The zero-order valence-electron chi connectivity index (χ0n) is 16.0. The van der Waals surface area contributed by atoms with E-state index in [1.165, 1.54) is 0 Å². The van der Waals surface area contributed by atoms with Gasteiger partial charge in [0.05, 0.1) is 26.8 Å². The molecule has 0 radical (unpaired) electrons. The first-order valence-electron chi connectivity index (χ1n) is 9.33. The van der Waals surface area contributed by atoms with Gasteiger partial charge in [-0.05, 0) is 24.5 Å². The molecule has 1 amide bonds. The van der Waals surface area contributed by atoms with Crippen molar-refractivity contribution in [2.75, 3.05) is 37.3 Å². The first-order chi connectivity index (χ1) is 14.1. The van der Waals surface area contributed by atoms with Crippen LogP contribution in [0.4, 0.5) is 5.82 Å². The molecule has 1 aliphatic heterocycles. The third-order valence-corrected chi connectivity index (χ3v) is 6.05. The molecule has 0 spiro atoms. The maximum Gasteiger partial charge on any atom is 0.242 e. The largest absolute Gasteiger partial charge is 0.352 e. The summed E-state index contributed by atoms with van der Waals surface area (Å²) in [5, 5.41) is 1.05. The zero-order chi connectivity index (χ0) is 20.4. The van der Waals surface area contributed by atoms with Crippen molar-refractivity contribution in [2.45, 2.75) is 12.3 Å². The number of halogens is 2. The number of pyridine rings is 1. The molecule has 152 valence electrons. The van der Waals surface area contributed by atoms with Crippen LogP contribution in [0.2, 0.25) is 10.0 Å². The lowest BCUT2D eigenvalue weighted by Gasteiger charge is -2.36. The van der Waals surface area contributed by atoms with E-state index in [9.17, 15) is 4.79 Å². The number of hydrogen-bond donors (Lipinski definition) is 0. The molecule has 0 aliphatic carbocycles. The molecule has 1 fully saturated rings. The number of benzene rings is 1. The number of carbonyl (C=O) groups excluding carboxylic acids is 1. The minimum atomic E-state index is 0.102. The summed E-state index contributed by atoms with van der Waals surface area (Å²) in [6.07, 6.45) is 3.64. The number of fused-ring (bicyclic) bond motifs is 1. The summed E-state index contributed by atoms with van der Waals surface area (Å²) in [4.78, 5) is 26.0. The first kappa shape index (κ1) is 20.3. The first-order valence-corrected chi connectivity index (χ1v) is 11.5. The Labute approximate surface area is 183 Å². The number of anilines is 1. The Hall–Kier alpha value is -1.96. The van der Waals surface area contributed by atoms with Crippen molar-refractivity contribution in [3.63, 3.8) is 0 Å². The molecule has 4 rings (SSSR count). The molecule has 3 heterocycles. The highest BCUT2D eigenvalue weighted by molar-refractivity contribution is 7.97. The van der Waals surface area contributed by atoms with E-state index in [1.54, 1.807) is 24.0 Å². The van der Waals surface area contributed by atoms with Crippen LogP contribution in [0.3, 0.4) is 0 Å². The summed E-state index contributed by atoms with van der Waals surface area (Å²) >= 11 is 13.9. The smallest absolute Gasteiger partial charge is 0.242 e. The van der Waals surface area contributed by atoms with Gasteiger partial charge in [-0.2, -0.15) is 11.8 Å². The van der Waals surface area contributed by atoms with Crippen molar-refractivity contribution in [1.82, 2.24) is 19.4 Å². The Balaban J connectivity index is 1.45. The number of hydrogen-bond acceptors (Lipinski definition) is 5. The number of para-hydroxylation sites is 2. The molecule has 1 saturated heterocycles. The fraction of sp³-hybridized carbons (Fsp3) is 0.350. The van der Waals surface area contributed by atoms with Crippen LogP contribution in [0.5, 0.6) is 0 Å². The lowest BCUT2D eigenvalue weighted by atomic mass is 10.3. The van der Waals surface area contributed by atoms with Gasteiger partial charge >= 0.3 is 0 Å². The van der Waals surface area contributed by atoms with Gasteiger partial charge in [-0.25, -0.2) is 9.97 Å². The maximum absolute atomic E-state index is 13.0. The number of piperazine rings is 1. The quantitative estimate of drug-likeness (QED) is 0.589. The lowest BCUT2D eigenvalue weighted by molar-refractivity contribution is -0.132. The molecule has 6 nitrogen and oxygen atoms in total. The number of rotatable bonds is 5. The standard InChI is InChI=1S/C20H21Cl2N5OS/c1-29-13-18-24-16-4-2-3-5-17(16)27(18)12-19(28)25-6-8-26(9-7-25)20-15(22)10-14(21)11-23-20/h2-5,10-11H,6-9,12-13H2,1H3. The van der Waals surface area contributed by atoms with E-state index in [-0.39, 0.29) is 5.91 Å². The van der Waals surface area contributed by atoms with Gasteiger partial charge in [-0.1, -0.05) is 35.3 Å². The zero-order valence-corrected chi connectivity index (χ0v) is 18.3. The van der Waals surface area contributed by atoms with Crippen molar-refractivity contribution in [2.24, 2.45) is 0 Å². The maximum atomic E-state index is 13.0. The van der Waals surface area contributed by atoms with E-state index >= 15 is 0 Å². The van der Waals surface area contributed by atoms with Crippen molar-refractivity contribution in [1.29, 1.82) is 0 Å². The van der Waals surface area contributed by atoms with E-state index in [4.69, 9.17) is 28.2 Å². The highest BCUT2D eigenvalue weighted by Crippen LogP contribution is 2.27. The molecular formula is C20H21Cl2N5OS. The molecule has 9 heteroatoms. The molecule has 3 aromatic rings. The highest BCUT2D eigenvalue weighted by atomic mass is 35.5. The van der Waals surface area contributed by atoms with Gasteiger partial charge in [0.15, 0.2) is 0 Å². The van der Waals surface area contributed by atoms with Crippen LogP contribution in [0, 0.1) is 0 Å². The van der Waals surface area contributed by atoms with Gasteiger partial charge in [0.25, 0.3) is 0 Å². The number of amides is 1. The summed E-state index contributed by atoms with van der Waals surface area (Å²) < 4.78 is 2.04. The Kier molecular flexibility index (Phi) is 6.18. The van der Waals surface area contributed by atoms with Crippen molar-refractivity contribution < 1.29 is 4.79 Å². The van der Waals surface area contributed by atoms with Gasteiger partial charge in [0, 0.05) is 32.4 Å². The third-order valence-electron chi connectivity index (χ3n) is 5.02. The van der Waals surface area contributed by atoms with Gasteiger partial charge in [0.1, 0.15) is 18.2 Å². The van der Waals surface area contributed by atoms with Crippen LogP contribution >= 0.6 is 35.0 Å². The monoisotopic (exact) mass is 449 g/mol. The van der Waals surface area contributed by atoms with Crippen LogP contribution in [0.15, 0.2) is 36.5 Å². The average molecular weight is 450 g/mol. The molecule has 1 aromatic carbocycles. The Morgan fingerprint density at radius 3 is 2.66 bits per heavy atom. The van der Waals surface area contributed by atoms with Gasteiger partial charge in [-0.3, -0.25) is 4.79 Å². The molecular weight excluding hydrogens is 429 g/mol. The Morgan fingerprint density at radius 1 is 1.17 bits per heavy atom. The summed E-state index contributed by atoms with van der Waals surface area (Å²) in [6, 6.07) is 9.66. The van der Waals surface area contributed by atoms with Crippen molar-refractivity contribution in [3.05, 3.63) is 52.4 Å². The molecule has 0 atom stereocenters. The number of nitrogens with zero attached hydrogens (tertiary/aromatic N) is 5. The second-order valence-corrected chi connectivity index (χ2v) is 8.57. The van der Waals surface area contributed by atoms with E-state index in [2.05, 4.69) is 9.88 Å². The van der Waals surface area contributed by atoms with Crippen molar-refractivity contribution >= 4 is 57.7 Å². The van der Waals surface area contributed by atoms with Gasteiger partial charge in [-0.15, -0.1) is 0 Å². The fourth-order valence-electron chi connectivity index (χ4n) is 3.58. The van der Waals surface area contributed by atoms with E-state index in [0.717, 1.165) is 22.6 Å². The third kappa shape index (κ3) is 4.32. The molecule has 0 bridgehead atoms. The number of imidazole rings is 1. The van der Waals surface area contributed by atoms with E-state index in [0.29, 0.717) is 48.6 Å². The number of thioether (sulfide) groups is 1. The summed E-state index contributed by atoms with van der Waals surface area (Å²) in [7, 11) is 0. The minimum Gasteiger partial charge on any atom is -0.352 e. The molecule has 1 aliphatic rings. The van der Waals surface area contributed by atoms with Gasteiger partial charge in [0.2, 0.25) is 5.91 Å². The van der Waals surface area contributed by atoms with E-state index in [1.807, 2.05) is 40.0 Å². The highest BCUT2D eigenvalue weighted by Gasteiger charge is 2.24. The summed E-state index contributed by atoms with van der Waals surface area (Å²) in [5.74, 6) is 2.52. The number of aromatic nitrogens is 3. The van der Waals surface area contributed by atoms with Crippen LogP contribution in [-0.2, 0) is 17.1 Å². The predicted molar refractivity (Wildman–Crippen MR) is 120 cm³/mol. The summed E-state index contributed by atoms with van der Waals surface area (Å²) in [6.45, 7) is 2.93. The average Bonchev–Trinajstić information content (AvgIpc) is 3.06. The molecule has 0 unspecified atom stereocenters. The van der Waals surface area contributed by atoms with Crippen molar-refractivity contribution in [3.8, 4) is 0 Å². The van der Waals surface area contributed by atoms with E-state index < -0.39 is 0 Å². The normalized spacial score (nSPS) is 14.6. The summed E-state index contributed by atoms with van der Waals surface area (Å²) in [5.41, 5.74) is 1.93. The SMILES string of the molecule is CSCc1nc2ccccc2n1CC(=O)N1CCN(c2ncc(Cl)cc2Cl)CC1. The van der Waals surface area contributed by atoms with Crippen LogP contribution in [0.1, 0.15) is 5.82 Å². The topological polar surface area (TPSA) is 54.3 Å². The second kappa shape index (κ2) is 8.81. The molecule has 0 N–H and O–H groups in total. The molecule has 0 saturated carbocycles. The second-order valence-electron chi connectivity index (χ2n) is 6.86. The van der Waals surface area contributed by atoms with Crippen LogP contribution in [-0.4, -0.2) is 57.8 Å². The lowest BCUT2D eigenvalue weighted by Crippen LogP contribution is -2.50. The fourth-order valence-corrected chi connectivity index (χ4v) is 4.56. The van der Waals surface area contributed by atoms with Gasteiger partial charge < -0.3 is 14.4 Å². The minimum absolute atomic E-state index is 0.102. The van der Waals surface area contributed by atoms with Crippen LogP contribution in [0.25, 0.3) is 11.0 Å².